The number of carbonyl (C=O) groups excluding carboxylic acids is 2. The standard InChI is InChI=1S/C20H23NO4/c1-14-8-10-18(11-9-14)25-16(3)20(23)24-13-19(22)21-12-17-7-5-4-6-15(17)2/h4-11,16H,12-13H2,1-3H3,(H,21,22). The first-order valence-corrected chi connectivity index (χ1v) is 8.17. The molecule has 2 aromatic carbocycles. The van der Waals surface area contributed by atoms with Crippen LogP contribution in [0.15, 0.2) is 48.5 Å². The highest BCUT2D eigenvalue weighted by molar-refractivity contribution is 5.82. The summed E-state index contributed by atoms with van der Waals surface area (Å²) in [5.74, 6) is -0.343. The lowest BCUT2D eigenvalue weighted by molar-refractivity contribution is -0.154. The van der Waals surface area contributed by atoms with Gasteiger partial charge in [-0.3, -0.25) is 4.79 Å². The molecule has 0 bridgehead atoms. The van der Waals surface area contributed by atoms with E-state index in [0.717, 1.165) is 16.7 Å². The molecule has 5 heteroatoms. The van der Waals surface area contributed by atoms with Crippen LogP contribution in [-0.4, -0.2) is 24.6 Å². The number of amides is 1. The second-order valence-corrected chi connectivity index (χ2v) is 5.88. The van der Waals surface area contributed by atoms with Crippen molar-refractivity contribution in [3.05, 3.63) is 65.2 Å². The summed E-state index contributed by atoms with van der Waals surface area (Å²) >= 11 is 0. The fraction of sp³-hybridized carbons (Fsp3) is 0.300. The minimum absolute atomic E-state index is 0.327. The van der Waals surface area contributed by atoms with E-state index < -0.39 is 12.1 Å². The van der Waals surface area contributed by atoms with Crippen LogP contribution in [0.2, 0.25) is 0 Å². The van der Waals surface area contributed by atoms with Gasteiger partial charge in [-0.25, -0.2) is 4.79 Å². The molecule has 0 aromatic heterocycles. The highest BCUT2D eigenvalue weighted by Crippen LogP contribution is 2.13. The van der Waals surface area contributed by atoms with E-state index in [1.165, 1.54) is 0 Å². The molecule has 0 radical (unpaired) electrons. The summed E-state index contributed by atoms with van der Waals surface area (Å²) in [4.78, 5) is 23.7. The SMILES string of the molecule is Cc1ccc(OC(C)C(=O)OCC(=O)NCc2ccccc2C)cc1. The molecule has 0 fully saturated rings. The Kier molecular flexibility index (Phi) is 6.57. The summed E-state index contributed by atoms with van der Waals surface area (Å²) in [6.07, 6.45) is -0.785. The number of rotatable bonds is 7. The van der Waals surface area contributed by atoms with Crippen LogP contribution in [0.3, 0.4) is 0 Å². The summed E-state index contributed by atoms with van der Waals surface area (Å²) in [6.45, 7) is 5.61. The summed E-state index contributed by atoms with van der Waals surface area (Å²) < 4.78 is 10.5. The van der Waals surface area contributed by atoms with E-state index in [1.54, 1.807) is 19.1 Å². The second kappa shape index (κ2) is 8.87. The Morgan fingerprint density at radius 2 is 1.72 bits per heavy atom. The van der Waals surface area contributed by atoms with Gasteiger partial charge >= 0.3 is 5.97 Å². The van der Waals surface area contributed by atoms with Gasteiger partial charge in [0.15, 0.2) is 12.7 Å². The van der Waals surface area contributed by atoms with Crippen LogP contribution in [0.5, 0.6) is 5.75 Å². The smallest absolute Gasteiger partial charge is 0.347 e. The van der Waals surface area contributed by atoms with Gasteiger partial charge in [0, 0.05) is 6.54 Å². The molecule has 0 aliphatic rings. The third kappa shape index (κ3) is 5.95. The molecule has 132 valence electrons. The van der Waals surface area contributed by atoms with Crippen molar-refractivity contribution >= 4 is 11.9 Å². The highest BCUT2D eigenvalue weighted by atomic mass is 16.6. The monoisotopic (exact) mass is 341 g/mol. The molecular formula is C20H23NO4. The van der Waals surface area contributed by atoms with Crippen molar-refractivity contribution in [1.29, 1.82) is 0 Å². The van der Waals surface area contributed by atoms with Crippen LogP contribution in [-0.2, 0) is 20.9 Å². The van der Waals surface area contributed by atoms with Crippen molar-refractivity contribution in [1.82, 2.24) is 5.32 Å². The maximum atomic E-state index is 11.9. The van der Waals surface area contributed by atoms with Crippen molar-refractivity contribution in [2.75, 3.05) is 6.61 Å². The molecule has 5 nitrogen and oxygen atoms in total. The zero-order valence-electron chi connectivity index (χ0n) is 14.7. The van der Waals surface area contributed by atoms with E-state index in [2.05, 4.69) is 5.32 Å². The predicted octanol–water partition coefficient (Wildman–Crippen LogP) is 2.93. The van der Waals surface area contributed by atoms with Crippen LogP contribution in [0, 0.1) is 13.8 Å². The molecule has 2 rings (SSSR count). The van der Waals surface area contributed by atoms with E-state index in [-0.39, 0.29) is 12.5 Å². The average molecular weight is 341 g/mol. The summed E-state index contributed by atoms with van der Waals surface area (Å²) in [5.41, 5.74) is 3.23. The molecule has 1 atom stereocenters. The summed E-state index contributed by atoms with van der Waals surface area (Å²) in [6, 6.07) is 15.1. The molecule has 1 N–H and O–H groups in total. The highest BCUT2D eigenvalue weighted by Gasteiger charge is 2.17. The Morgan fingerprint density at radius 3 is 2.40 bits per heavy atom. The molecule has 0 aliphatic carbocycles. The first kappa shape index (κ1) is 18.5. The number of nitrogens with one attached hydrogen (secondary N) is 1. The Hall–Kier alpha value is -2.82. The van der Waals surface area contributed by atoms with Gasteiger partial charge in [0.25, 0.3) is 5.91 Å². The largest absolute Gasteiger partial charge is 0.479 e. The van der Waals surface area contributed by atoms with Crippen molar-refractivity contribution < 1.29 is 19.1 Å². The normalized spacial score (nSPS) is 11.5. The van der Waals surface area contributed by atoms with Gasteiger partial charge in [0.2, 0.25) is 0 Å². The van der Waals surface area contributed by atoms with Crippen molar-refractivity contribution in [2.45, 2.75) is 33.4 Å². The number of aryl methyl sites for hydroxylation is 2. The third-order valence-electron chi connectivity index (χ3n) is 3.75. The topological polar surface area (TPSA) is 64.6 Å². The van der Waals surface area contributed by atoms with Crippen LogP contribution in [0.4, 0.5) is 0 Å². The second-order valence-electron chi connectivity index (χ2n) is 5.88. The number of carbonyl (C=O) groups is 2. The van der Waals surface area contributed by atoms with Crippen molar-refractivity contribution in [3.8, 4) is 5.75 Å². The van der Waals surface area contributed by atoms with Gasteiger partial charge < -0.3 is 14.8 Å². The molecule has 1 amide bonds. The van der Waals surface area contributed by atoms with Gasteiger partial charge in [-0.2, -0.15) is 0 Å². The number of ether oxygens (including phenoxy) is 2. The molecule has 0 saturated heterocycles. The summed E-state index contributed by atoms with van der Waals surface area (Å²) in [5, 5.41) is 2.73. The van der Waals surface area contributed by atoms with Gasteiger partial charge in [-0.1, -0.05) is 42.0 Å². The van der Waals surface area contributed by atoms with Crippen LogP contribution in [0.1, 0.15) is 23.6 Å². The molecule has 2 aromatic rings. The Labute approximate surface area is 148 Å². The Morgan fingerprint density at radius 1 is 1.04 bits per heavy atom. The lowest BCUT2D eigenvalue weighted by atomic mass is 10.1. The number of hydrogen-bond acceptors (Lipinski definition) is 4. The van der Waals surface area contributed by atoms with E-state index in [1.807, 2.05) is 50.2 Å². The number of hydrogen-bond donors (Lipinski definition) is 1. The fourth-order valence-electron chi connectivity index (χ4n) is 2.18. The van der Waals surface area contributed by atoms with E-state index in [4.69, 9.17) is 9.47 Å². The van der Waals surface area contributed by atoms with Crippen molar-refractivity contribution in [2.24, 2.45) is 0 Å². The fourth-order valence-corrected chi connectivity index (χ4v) is 2.18. The van der Waals surface area contributed by atoms with Gasteiger partial charge in [0.05, 0.1) is 0 Å². The van der Waals surface area contributed by atoms with E-state index >= 15 is 0 Å². The molecule has 0 saturated carbocycles. The van der Waals surface area contributed by atoms with Crippen molar-refractivity contribution in [3.63, 3.8) is 0 Å². The lowest BCUT2D eigenvalue weighted by Crippen LogP contribution is -2.32. The van der Waals surface area contributed by atoms with E-state index in [0.29, 0.717) is 12.3 Å². The zero-order chi connectivity index (χ0) is 18.2. The third-order valence-corrected chi connectivity index (χ3v) is 3.75. The predicted molar refractivity (Wildman–Crippen MR) is 95.3 cm³/mol. The Balaban J connectivity index is 1.74. The maximum Gasteiger partial charge on any atom is 0.347 e. The molecule has 25 heavy (non-hydrogen) atoms. The number of benzene rings is 2. The quantitative estimate of drug-likeness (QED) is 0.787. The molecule has 0 spiro atoms. The lowest BCUT2D eigenvalue weighted by Gasteiger charge is -2.14. The van der Waals surface area contributed by atoms with Crippen LogP contribution in [0.25, 0.3) is 0 Å². The first-order valence-electron chi connectivity index (χ1n) is 8.17. The van der Waals surface area contributed by atoms with Gasteiger partial charge in [-0.15, -0.1) is 0 Å². The van der Waals surface area contributed by atoms with Gasteiger partial charge in [-0.05, 0) is 44.0 Å². The number of esters is 1. The first-order chi connectivity index (χ1) is 12.0. The molecule has 1 unspecified atom stereocenters. The minimum Gasteiger partial charge on any atom is -0.479 e. The maximum absolute atomic E-state index is 11.9. The zero-order valence-corrected chi connectivity index (χ0v) is 14.7. The molecule has 0 heterocycles. The van der Waals surface area contributed by atoms with Crippen LogP contribution >= 0.6 is 0 Å². The van der Waals surface area contributed by atoms with E-state index in [9.17, 15) is 9.59 Å². The Bertz CT molecular complexity index is 725. The van der Waals surface area contributed by atoms with Gasteiger partial charge in [0.1, 0.15) is 5.75 Å². The van der Waals surface area contributed by atoms with Crippen LogP contribution < -0.4 is 10.1 Å². The minimum atomic E-state index is -0.785. The summed E-state index contributed by atoms with van der Waals surface area (Å²) in [7, 11) is 0. The average Bonchev–Trinajstić information content (AvgIpc) is 2.60. The molecule has 0 aliphatic heterocycles. The molecular weight excluding hydrogens is 318 g/mol.